The van der Waals surface area contributed by atoms with E-state index >= 15 is 0 Å². The molecule has 2 atom stereocenters. The van der Waals surface area contributed by atoms with Crippen LogP contribution in [0.2, 0.25) is 0 Å². The highest BCUT2D eigenvalue weighted by Gasteiger charge is 2.29. The van der Waals surface area contributed by atoms with Gasteiger partial charge < -0.3 is 19.7 Å². The average Bonchev–Trinajstić information content (AvgIpc) is 3.62. The van der Waals surface area contributed by atoms with E-state index in [1.807, 2.05) is 0 Å². The number of benzene rings is 2. The highest BCUT2D eigenvalue weighted by Crippen LogP contribution is 2.38. The van der Waals surface area contributed by atoms with Crippen LogP contribution in [0.1, 0.15) is 31.2 Å². The van der Waals surface area contributed by atoms with E-state index < -0.39 is 4.92 Å². The molecule has 1 aliphatic carbocycles. The lowest BCUT2D eigenvalue weighted by molar-refractivity contribution is -0.385. The molecule has 210 valence electrons. The van der Waals surface area contributed by atoms with Gasteiger partial charge in [-0.3, -0.25) is 19.8 Å². The fourth-order valence-electron chi connectivity index (χ4n) is 6.06. The number of piperazine rings is 1. The number of amides is 1. The van der Waals surface area contributed by atoms with Crippen molar-refractivity contribution in [3.63, 3.8) is 0 Å². The van der Waals surface area contributed by atoms with Gasteiger partial charge in [-0.2, -0.15) is 4.37 Å². The second-order valence-electron chi connectivity index (χ2n) is 10.7. The Kier molecular flexibility index (Phi) is 7.83. The van der Waals surface area contributed by atoms with E-state index in [1.54, 1.807) is 11.5 Å². The van der Waals surface area contributed by atoms with E-state index in [0.717, 1.165) is 45.0 Å². The molecule has 2 fully saturated rings. The number of carbonyl (C=O) groups is 1. The van der Waals surface area contributed by atoms with Crippen molar-refractivity contribution in [3.05, 3.63) is 58.2 Å². The highest BCUT2D eigenvalue weighted by atomic mass is 32.1. The summed E-state index contributed by atoms with van der Waals surface area (Å²) in [7, 11) is 0. The largest absolute Gasteiger partial charge is 0.454 e. The Morgan fingerprint density at radius 1 is 1.10 bits per heavy atom. The van der Waals surface area contributed by atoms with Gasteiger partial charge in [0.1, 0.15) is 5.82 Å². The zero-order valence-corrected chi connectivity index (χ0v) is 23.1. The first-order chi connectivity index (χ1) is 19.5. The Morgan fingerprint density at radius 2 is 1.85 bits per heavy atom. The Balaban J connectivity index is 1.02. The van der Waals surface area contributed by atoms with Crippen molar-refractivity contribution in [1.82, 2.24) is 14.6 Å². The Labute approximate surface area is 236 Å². The molecule has 0 spiro atoms. The maximum atomic E-state index is 12.7. The molecule has 2 aliphatic heterocycles. The number of fused-ring (bicyclic) bond motifs is 2. The number of ether oxygens (including phenoxy) is 2. The number of hydrogen-bond donors (Lipinski definition) is 1. The van der Waals surface area contributed by atoms with Crippen LogP contribution < -0.4 is 19.7 Å². The van der Waals surface area contributed by atoms with Crippen molar-refractivity contribution >= 4 is 45.1 Å². The summed E-state index contributed by atoms with van der Waals surface area (Å²) in [5, 5.41) is 15.8. The standard InChI is InChI=1S/C29H33N5O5S/c35-28(10-9-20-15-25-26(39-19-38-25)16-24(20)34(36)37)30-17-21-5-1-2-6-22(21)18-32-11-13-33(14-12-32)29-23-7-3-4-8-27(23)40-31-29/h3-4,7-10,15-16,21-22H,1-2,5-6,11-14,17-19H2,(H,30,35)/b10-9+/t21-,22+/m0/s1. The number of hydrogen-bond acceptors (Lipinski definition) is 9. The predicted octanol–water partition coefficient (Wildman–Crippen LogP) is 4.69. The normalized spacial score (nSPS) is 21.2. The fraction of sp³-hybridized carbons (Fsp3) is 0.448. The van der Waals surface area contributed by atoms with Crippen LogP contribution in [0.15, 0.2) is 42.5 Å². The number of anilines is 1. The third kappa shape index (κ3) is 5.75. The van der Waals surface area contributed by atoms with Gasteiger partial charge in [-0.1, -0.05) is 25.0 Å². The SMILES string of the molecule is O=C(/C=C/c1cc2c(cc1[N+](=O)[O-])OCO2)NC[C@@H]1CCCC[C@@H]1CN1CCN(c2nsc3ccccc23)CC1. The molecule has 1 aromatic heterocycles. The predicted molar refractivity (Wildman–Crippen MR) is 155 cm³/mol. The zero-order valence-electron chi connectivity index (χ0n) is 22.3. The molecule has 1 saturated carbocycles. The van der Waals surface area contributed by atoms with E-state index in [-0.39, 0.29) is 18.4 Å². The van der Waals surface area contributed by atoms with Crippen molar-refractivity contribution in [1.29, 1.82) is 0 Å². The van der Waals surface area contributed by atoms with E-state index in [0.29, 0.717) is 35.4 Å². The molecule has 11 heteroatoms. The topological polar surface area (TPSA) is 110 Å². The molecule has 6 rings (SSSR count). The number of aromatic nitrogens is 1. The van der Waals surface area contributed by atoms with Gasteiger partial charge in [-0.05, 0) is 60.5 Å². The quantitative estimate of drug-likeness (QED) is 0.239. The molecule has 3 aliphatic rings. The molecule has 1 amide bonds. The lowest BCUT2D eigenvalue weighted by Crippen LogP contribution is -2.49. The fourth-order valence-corrected chi connectivity index (χ4v) is 6.86. The summed E-state index contributed by atoms with van der Waals surface area (Å²) in [6.45, 7) is 5.66. The van der Waals surface area contributed by atoms with Crippen LogP contribution in [0.25, 0.3) is 16.2 Å². The van der Waals surface area contributed by atoms with Crippen molar-refractivity contribution in [3.8, 4) is 11.5 Å². The molecule has 0 radical (unpaired) electrons. The van der Waals surface area contributed by atoms with Crippen LogP contribution in [0.4, 0.5) is 11.5 Å². The molecule has 1 N–H and O–H groups in total. The first kappa shape index (κ1) is 26.5. The van der Waals surface area contributed by atoms with E-state index in [1.165, 1.54) is 53.6 Å². The van der Waals surface area contributed by atoms with E-state index in [4.69, 9.17) is 13.8 Å². The second-order valence-corrected chi connectivity index (χ2v) is 11.5. The third-order valence-electron chi connectivity index (χ3n) is 8.26. The third-order valence-corrected chi connectivity index (χ3v) is 9.08. The smallest absolute Gasteiger partial charge is 0.280 e. The van der Waals surface area contributed by atoms with Gasteiger partial charge in [-0.25, -0.2) is 0 Å². The van der Waals surface area contributed by atoms with Gasteiger partial charge in [0.05, 0.1) is 21.3 Å². The van der Waals surface area contributed by atoms with Gasteiger partial charge in [0.25, 0.3) is 5.69 Å². The molecule has 0 bridgehead atoms. The molecule has 2 aromatic carbocycles. The summed E-state index contributed by atoms with van der Waals surface area (Å²) in [5.74, 6) is 2.61. The van der Waals surface area contributed by atoms with Crippen molar-refractivity contribution in [2.75, 3.05) is 51.0 Å². The lowest BCUT2D eigenvalue weighted by Gasteiger charge is -2.40. The molecule has 1 saturated heterocycles. The summed E-state index contributed by atoms with van der Waals surface area (Å²) in [4.78, 5) is 28.7. The highest BCUT2D eigenvalue weighted by molar-refractivity contribution is 7.13. The van der Waals surface area contributed by atoms with Gasteiger partial charge >= 0.3 is 0 Å². The minimum absolute atomic E-state index is 0.0291. The van der Waals surface area contributed by atoms with Crippen molar-refractivity contribution in [2.45, 2.75) is 25.7 Å². The van der Waals surface area contributed by atoms with Gasteiger partial charge in [0, 0.05) is 50.7 Å². The number of nitro benzene ring substituents is 1. The first-order valence-corrected chi connectivity index (χ1v) is 14.7. The van der Waals surface area contributed by atoms with Crippen LogP contribution in [-0.2, 0) is 4.79 Å². The van der Waals surface area contributed by atoms with Gasteiger partial charge in [0.2, 0.25) is 12.7 Å². The van der Waals surface area contributed by atoms with E-state index in [2.05, 4.69) is 39.4 Å². The Morgan fingerprint density at radius 3 is 2.65 bits per heavy atom. The maximum absolute atomic E-state index is 12.7. The summed E-state index contributed by atoms with van der Waals surface area (Å²) >= 11 is 1.57. The van der Waals surface area contributed by atoms with Crippen LogP contribution >= 0.6 is 11.5 Å². The Hall–Kier alpha value is -3.70. The lowest BCUT2D eigenvalue weighted by atomic mass is 9.78. The molecule has 10 nitrogen and oxygen atoms in total. The number of carbonyl (C=O) groups excluding carboxylic acids is 1. The number of nitrogens with one attached hydrogen (secondary N) is 1. The maximum Gasteiger partial charge on any atom is 0.280 e. The van der Waals surface area contributed by atoms with Crippen LogP contribution in [0.5, 0.6) is 11.5 Å². The first-order valence-electron chi connectivity index (χ1n) is 13.9. The zero-order chi connectivity index (χ0) is 27.5. The molecular weight excluding hydrogens is 530 g/mol. The average molecular weight is 564 g/mol. The second kappa shape index (κ2) is 11.8. The van der Waals surface area contributed by atoms with Gasteiger partial charge in [0.15, 0.2) is 11.5 Å². The minimum atomic E-state index is -0.481. The molecule has 0 unspecified atom stereocenters. The number of nitrogens with zero attached hydrogens (tertiary/aromatic N) is 4. The van der Waals surface area contributed by atoms with Crippen molar-refractivity contribution < 1.29 is 19.2 Å². The van der Waals surface area contributed by atoms with Crippen molar-refractivity contribution in [2.24, 2.45) is 11.8 Å². The van der Waals surface area contributed by atoms with Crippen LogP contribution in [0.3, 0.4) is 0 Å². The van der Waals surface area contributed by atoms with E-state index in [9.17, 15) is 14.9 Å². The Bertz CT molecular complexity index is 1420. The van der Waals surface area contributed by atoms with Crippen LogP contribution in [-0.4, -0.2) is 66.2 Å². The summed E-state index contributed by atoms with van der Waals surface area (Å²) in [6, 6.07) is 11.3. The minimum Gasteiger partial charge on any atom is -0.454 e. The number of nitro groups is 1. The monoisotopic (exact) mass is 563 g/mol. The van der Waals surface area contributed by atoms with Gasteiger partial charge in [-0.15, -0.1) is 0 Å². The number of rotatable bonds is 8. The summed E-state index contributed by atoms with van der Waals surface area (Å²) in [6.07, 6.45) is 7.53. The molecule has 3 heterocycles. The van der Waals surface area contributed by atoms with Crippen LogP contribution in [0, 0.1) is 22.0 Å². The summed E-state index contributed by atoms with van der Waals surface area (Å²) in [5.41, 5.74) is 0.188. The summed E-state index contributed by atoms with van der Waals surface area (Å²) < 4.78 is 16.5. The molecular formula is C29H33N5O5S. The molecule has 40 heavy (non-hydrogen) atoms. The molecule has 3 aromatic rings.